The Morgan fingerprint density at radius 2 is 1.89 bits per heavy atom. The molecule has 3 rings (SSSR count). The van der Waals surface area contributed by atoms with Gasteiger partial charge in [-0.2, -0.15) is 4.98 Å². The van der Waals surface area contributed by atoms with Gasteiger partial charge >= 0.3 is 0 Å². The van der Waals surface area contributed by atoms with Gasteiger partial charge in [-0.15, -0.1) is 0 Å². The molecule has 1 amide bonds. The van der Waals surface area contributed by atoms with Crippen LogP contribution in [0.15, 0.2) is 59.1 Å². The summed E-state index contributed by atoms with van der Waals surface area (Å²) in [6.45, 7) is 3.91. The highest BCUT2D eigenvalue weighted by Crippen LogP contribution is 2.25. The summed E-state index contributed by atoms with van der Waals surface area (Å²) in [6.07, 6.45) is 0. The van der Waals surface area contributed by atoms with Crippen LogP contribution >= 0.6 is 0 Å². The van der Waals surface area contributed by atoms with Crippen LogP contribution in [0.5, 0.6) is 11.5 Å². The van der Waals surface area contributed by atoms with Gasteiger partial charge in [0.25, 0.3) is 0 Å². The predicted octanol–water partition coefficient (Wildman–Crippen LogP) is 3.13. The van der Waals surface area contributed by atoms with Gasteiger partial charge in [0.05, 0.1) is 12.6 Å². The number of aromatic nitrogens is 2. The maximum Gasteiger partial charge on any atom is 0.246 e. The number of carbonyl (C=O) groups is 1. The molecular formula is C20H22N4O3. The maximum absolute atomic E-state index is 11.9. The monoisotopic (exact) mass is 366 g/mol. The van der Waals surface area contributed by atoms with Gasteiger partial charge in [-0.1, -0.05) is 49.3 Å². The molecule has 0 saturated carbocycles. The van der Waals surface area contributed by atoms with Crippen LogP contribution in [-0.4, -0.2) is 22.1 Å². The topological polar surface area (TPSA) is 103 Å². The molecule has 0 bridgehead atoms. The fourth-order valence-electron chi connectivity index (χ4n) is 2.35. The summed E-state index contributed by atoms with van der Waals surface area (Å²) in [4.78, 5) is 16.2. The normalized spacial score (nSPS) is 12.0. The molecule has 1 aromatic heterocycles. The lowest BCUT2D eigenvalue weighted by Gasteiger charge is -2.14. The fourth-order valence-corrected chi connectivity index (χ4v) is 2.35. The van der Waals surface area contributed by atoms with Crippen LogP contribution in [-0.2, 0) is 11.3 Å². The molecule has 3 N–H and O–H groups in total. The van der Waals surface area contributed by atoms with Crippen LogP contribution in [0.25, 0.3) is 11.4 Å². The van der Waals surface area contributed by atoms with Gasteiger partial charge < -0.3 is 20.3 Å². The van der Waals surface area contributed by atoms with E-state index in [2.05, 4.69) is 15.5 Å². The Morgan fingerprint density at radius 1 is 1.15 bits per heavy atom. The minimum absolute atomic E-state index is 0.0515. The second-order valence-corrected chi connectivity index (χ2v) is 6.44. The molecule has 0 radical (unpaired) electrons. The van der Waals surface area contributed by atoms with E-state index in [-0.39, 0.29) is 18.4 Å². The molecule has 140 valence electrons. The van der Waals surface area contributed by atoms with E-state index in [4.69, 9.17) is 15.0 Å². The highest BCUT2D eigenvalue weighted by atomic mass is 16.5. The van der Waals surface area contributed by atoms with Gasteiger partial charge in [0.2, 0.25) is 17.6 Å². The van der Waals surface area contributed by atoms with Crippen LogP contribution in [0.3, 0.4) is 0 Å². The standard InChI is InChI=1S/C20H22N4O3/c1-13(2)18(21)20(25)22-12-17-23-19(24-27-17)14-7-6-10-16(11-14)26-15-8-4-3-5-9-15/h3-11,13,18H,12,21H2,1-2H3,(H,22,25)/t18-/m0/s1. The number of amides is 1. The van der Waals surface area contributed by atoms with Crippen molar-refractivity contribution in [1.29, 1.82) is 0 Å². The van der Waals surface area contributed by atoms with Crippen LogP contribution in [0, 0.1) is 5.92 Å². The molecule has 0 spiro atoms. The molecule has 2 aromatic carbocycles. The van der Waals surface area contributed by atoms with Crippen molar-refractivity contribution in [2.75, 3.05) is 0 Å². The third-order valence-corrected chi connectivity index (χ3v) is 3.97. The second-order valence-electron chi connectivity index (χ2n) is 6.44. The average molecular weight is 366 g/mol. The maximum atomic E-state index is 11.9. The number of nitrogens with one attached hydrogen (secondary N) is 1. The summed E-state index contributed by atoms with van der Waals surface area (Å²) in [6, 6.07) is 16.3. The lowest BCUT2D eigenvalue weighted by atomic mass is 10.1. The molecule has 1 heterocycles. The zero-order valence-electron chi connectivity index (χ0n) is 15.3. The fraction of sp³-hybridized carbons (Fsp3) is 0.250. The first-order valence-corrected chi connectivity index (χ1v) is 8.72. The molecule has 1 atom stereocenters. The number of rotatable bonds is 7. The smallest absolute Gasteiger partial charge is 0.246 e. The van der Waals surface area contributed by atoms with E-state index in [9.17, 15) is 4.79 Å². The first-order valence-electron chi connectivity index (χ1n) is 8.72. The van der Waals surface area contributed by atoms with Gasteiger partial charge in [-0.05, 0) is 30.2 Å². The molecule has 0 saturated heterocycles. The molecule has 0 fully saturated rings. The number of hydrogen-bond acceptors (Lipinski definition) is 6. The molecule has 7 heteroatoms. The van der Waals surface area contributed by atoms with E-state index in [0.717, 1.165) is 11.3 Å². The third kappa shape index (κ3) is 4.92. The SMILES string of the molecule is CC(C)[C@H](N)C(=O)NCc1nc(-c2cccc(Oc3ccccc3)c2)no1. The predicted molar refractivity (Wildman–Crippen MR) is 101 cm³/mol. The number of carbonyl (C=O) groups excluding carboxylic acids is 1. The minimum atomic E-state index is -0.570. The van der Waals surface area contributed by atoms with Crippen molar-refractivity contribution in [3.63, 3.8) is 0 Å². The van der Waals surface area contributed by atoms with Gasteiger partial charge in [0.1, 0.15) is 11.5 Å². The average Bonchev–Trinajstić information content (AvgIpc) is 3.15. The van der Waals surface area contributed by atoms with E-state index >= 15 is 0 Å². The number of benzene rings is 2. The molecule has 0 unspecified atom stereocenters. The number of nitrogens with two attached hydrogens (primary N) is 1. The van der Waals surface area contributed by atoms with Crippen LogP contribution < -0.4 is 15.8 Å². The van der Waals surface area contributed by atoms with E-state index in [1.165, 1.54) is 0 Å². The third-order valence-electron chi connectivity index (χ3n) is 3.97. The first-order chi connectivity index (χ1) is 13.0. The Kier molecular flexibility index (Phi) is 5.83. The summed E-state index contributed by atoms with van der Waals surface area (Å²) in [5.41, 5.74) is 6.56. The second kappa shape index (κ2) is 8.46. The number of ether oxygens (including phenoxy) is 1. The quantitative estimate of drug-likeness (QED) is 0.666. The van der Waals surface area contributed by atoms with Crippen LogP contribution in [0.1, 0.15) is 19.7 Å². The van der Waals surface area contributed by atoms with Crippen molar-refractivity contribution < 1.29 is 14.1 Å². The van der Waals surface area contributed by atoms with Crippen molar-refractivity contribution in [3.8, 4) is 22.9 Å². The zero-order valence-corrected chi connectivity index (χ0v) is 15.3. The molecule has 0 aliphatic rings. The largest absolute Gasteiger partial charge is 0.457 e. The Hall–Kier alpha value is -3.19. The van der Waals surface area contributed by atoms with Gasteiger partial charge in [0, 0.05) is 5.56 Å². The molecular weight excluding hydrogens is 344 g/mol. The number of para-hydroxylation sites is 1. The lowest BCUT2D eigenvalue weighted by molar-refractivity contribution is -0.123. The number of hydrogen-bond donors (Lipinski definition) is 2. The zero-order chi connectivity index (χ0) is 19.2. The van der Waals surface area contributed by atoms with E-state index in [0.29, 0.717) is 17.5 Å². The Morgan fingerprint density at radius 3 is 2.63 bits per heavy atom. The summed E-state index contributed by atoms with van der Waals surface area (Å²) >= 11 is 0. The van der Waals surface area contributed by atoms with E-state index < -0.39 is 6.04 Å². The summed E-state index contributed by atoms with van der Waals surface area (Å²) < 4.78 is 11.0. The van der Waals surface area contributed by atoms with E-state index in [1.807, 2.05) is 68.4 Å². The lowest BCUT2D eigenvalue weighted by Crippen LogP contribution is -2.43. The summed E-state index contributed by atoms with van der Waals surface area (Å²) in [5, 5.41) is 6.67. The summed E-state index contributed by atoms with van der Waals surface area (Å²) in [7, 11) is 0. The van der Waals surface area contributed by atoms with Gasteiger partial charge in [-0.3, -0.25) is 4.79 Å². The molecule has 7 nitrogen and oxygen atoms in total. The highest BCUT2D eigenvalue weighted by molar-refractivity contribution is 5.81. The number of nitrogens with zero attached hydrogens (tertiary/aromatic N) is 2. The minimum Gasteiger partial charge on any atom is -0.457 e. The first kappa shape index (κ1) is 18.6. The van der Waals surface area contributed by atoms with Gasteiger partial charge in [-0.25, -0.2) is 0 Å². The highest BCUT2D eigenvalue weighted by Gasteiger charge is 2.18. The van der Waals surface area contributed by atoms with Crippen molar-refractivity contribution in [1.82, 2.24) is 15.5 Å². The Bertz CT molecular complexity index is 893. The Labute approximate surface area is 157 Å². The molecule has 0 aliphatic carbocycles. The van der Waals surface area contributed by atoms with Crippen molar-refractivity contribution in [3.05, 3.63) is 60.5 Å². The van der Waals surface area contributed by atoms with Crippen LogP contribution in [0.4, 0.5) is 0 Å². The van der Waals surface area contributed by atoms with Crippen molar-refractivity contribution in [2.45, 2.75) is 26.4 Å². The van der Waals surface area contributed by atoms with Crippen molar-refractivity contribution in [2.24, 2.45) is 11.7 Å². The Balaban J connectivity index is 1.66. The molecule has 0 aliphatic heterocycles. The molecule has 3 aromatic rings. The van der Waals surface area contributed by atoms with Gasteiger partial charge in [0.15, 0.2) is 0 Å². The molecule has 27 heavy (non-hydrogen) atoms. The van der Waals surface area contributed by atoms with Crippen LogP contribution in [0.2, 0.25) is 0 Å². The van der Waals surface area contributed by atoms with Crippen molar-refractivity contribution >= 4 is 5.91 Å². The van der Waals surface area contributed by atoms with E-state index in [1.54, 1.807) is 0 Å². The summed E-state index contributed by atoms with van der Waals surface area (Å²) in [5.74, 6) is 1.95.